The zero-order chi connectivity index (χ0) is 26.5. The maximum Gasteiger partial charge on any atom is 0.408 e. The van der Waals surface area contributed by atoms with E-state index in [0.717, 1.165) is 12.0 Å². The molecule has 2 unspecified atom stereocenters. The van der Waals surface area contributed by atoms with Crippen LogP contribution < -0.4 is 16.0 Å². The molecule has 1 rings (SSSR count). The Morgan fingerprint density at radius 1 is 0.971 bits per heavy atom. The van der Waals surface area contributed by atoms with Gasteiger partial charge in [-0.05, 0) is 29.7 Å². The van der Waals surface area contributed by atoms with Crippen LogP contribution in [0, 0.1) is 17.8 Å². The van der Waals surface area contributed by atoms with Crippen molar-refractivity contribution in [3.8, 4) is 0 Å². The molecule has 1 aromatic carbocycles. The number of aliphatic hydroxyl groups is 1. The SMILES string of the molecule is CCC(C)[C@H](NC(=O)[C@H](CC(C)C)NC(=O)[C@@H](NC(=O)OCc1ccccc1)C(C)C)C(O)CI. The highest BCUT2D eigenvalue weighted by molar-refractivity contribution is 14.1. The Morgan fingerprint density at radius 2 is 1.60 bits per heavy atom. The van der Waals surface area contributed by atoms with Gasteiger partial charge in [0.1, 0.15) is 18.7 Å². The van der Waals surface area contributed by atoms with Crippen molar-refractivity contribution in [2.75, 3.05) is 4.43 Å². The Bertz CT molecular complexity index is 780. The number of rotatable bonds is 14. The predicted octanol–water partition coefficient (Wildman–Crippen LogP) is 3.80. The molecule has 0 bridgehead atoms. The predicted molar refractivity (Wildman–Crippen MR) is 146 cm³/mol. The van der Waals surface area contributed by atoms with Crippen LogP contribution in [0.25, 0.3) is 0 Å². The minimum atomic E-state index is -0.869. The molecule has 0 saturated carbocycles. The molecule has 5 atom stereocenters. The number of hydrogen-bond donors (Lipinski definition) is 4. The van der Waals surface area contributed by atoms with Crippen LogP contribution in [0.2, 0.25) is 0 Å². The molecule has 3 amide bonds. The second-order valence-electron chi connectivity index (χ2n) is 9.76. The largest absolute Gasteiger partial charge is 0.445 e. The van der Waals surface area contributed by atoms with Gasteiger partial charge in [0.05, 0.1) is 12.1 Å². The highest BCUT2D eigenvalue weighted by atomic mass is 127. The van der Waals surface area contributed by atoms with E-state index in [1.807, 2.05) is 71.9 Å². The van der Waals surface area contributed by atoms with E-state index in [9.17, 15) is 19.5 Å². The summed E-state index contributed by atoms with van der Waals surface area (Å²) in [6.07, 6.45) is -0.164. The van der Waals surface area contributed by atoms with Crippen LogP contribution in [0.5, 0.6) is 0 Å². The Morgan fingerprint density at radius 3 is 2.11 bits per heavy atom. The number of halogens is 1. The van der Waals surface area contributed by atoms with E-state index < -0.39 is 36.2 Å². The molecule has 1 aromatic rings. The summed E-state index contributed by atoms with van der Waals surface area (Å²) in [5.74, 6) is -0.800. The maximum absolute atomic E-state index is 13.2. The molecule has 0 fully saturated rings. The van der Waals surface area contributed by atoms with E-state index in [-0.39, 0.29) is 30.3 Å². The van der Waals surface area contributed by atoms with Crippen LogP contribution in [-0.4, -0.2) is 51.7 Å². The number of amides is 3. The van der Waals surface area contributed by atoms with Gasteiger partial charge in [0, 0.05) is 4.43 Å². The average molecular weight is 604 g/mol. The summed E-state index contributed by atoms with van der Waals surface area (Å²) < 4.78 is 5.75. The smallest absolute Gasteiger partial charge is 0.408 e. The lowest BCUT2D eigenvalue weighted by atomic mass is 9.94. The average Bonchev–Trinajstić information content (AvgIpc) is 2.83. The Hall–Kier alpha value is -1.88. The number of alkyl halides is 1. The summed E-state index contributed by atoms with van der Waals surface area (Å²) in [5.41, 5.74) is 0.839. The zero-order valence-corrected chi connectivity index (χ0v) is 23.9. The molecule has 0 aromatic heterocycles. The van der Waals surface area contributed by atoms with Crippen molar-refractivity contribution < 1.29 is 24.2 Å². The first-order chi connectivity index (χ1) is 16.5. The molecule has 8 nitrogen and oxygen atoms in total. The van der Waals surface area contributed by atoms with Crippen LogP contribution >= 0.6 is 22.6 Å². The lowest BCUT2D eigenvalue weighted by Crippen LogP contribution is -2.58. The van der Waals surface area contributed by atoms with Gasteiger partial charge in [-0.25, -0.2) is 4.79 Å². The number of hydrogen-bond acceptors (Lipinski definition) is 5. The van der Waals surface area contributed by atoms with E-state index in [1.165, 1.54) is 0 Å². The number of alkyl carbamates (subject to hydrolysis) is 1. The molecule has 198 valence electrons. The van der Waals surface area contributed by atoms with Gasteiger partial charge in [-0.2, -0.15) is 0 Å². The highest BCUT2D eigenvalue weighted by Gasteiger charge is 2.32. The number of ether oxygens (including phenoxy) is 1. The van der Waals surface area contributed by atoms with E-state index in [1.54, 1.807) is 0 Å². The minimum absolute atomic E-state index is 0.0728. The van der Waals surface area contributed by atoms with Gasteiger partial charge in [-0.15, -0.1) is 0 Å². The molecule has 0 heterocycles. The third kappa shape index (κ3) is 11.2. The van der Waals surface area contributed by atoms with Crippen LogP contribution in [0.1, 0.15) is 59.9 Å². The lowest BCUT2D eigenvalue weighted by Gasteiger charge is -2.31. The van der Waals surface area contributed by atoms with Gasteiger partial charge in [0.15, 0.2) is 0 Å². The number of aliphatic hydroxyl groups excluding tert-OH is 1. The second kappa shape index (κ2) is 16.0. The molecule has 35 heavy (non-hydrogen) atoms. The van der Waals surface area contributed by atoms with Gasteiger partial charge in [0.25, 0.3) is 0 Å². The molecule has 0 aliphatic carbocycles. The van der Waals surface area contributed by atoms with Crippen LogP contribution in [-0.2, 0) is 20.9 Å². The van der Waals surface area contributed by atoms with Crippen molar-refractivity contribution in [2.24, 2.45) is 17.8 Å². The van der Waals surface area contributed by atoms with E-state index in [2.05, 4.69) is 38.5 Å². The summed E-state index contributed by atoms with van der Waals surface area (Å²) in [7, 11) is 0. The van der Waals surface area contributed by atoms with Crippen LogP contribution in [0.4, 0.5) is 4.79 Å². The fraction of sp³-hybridized carbons (Fsp3) is 0.654. The minimum Gasteiger partial charge on any atom is -0.445 e. The molecule has 0 radical (unpaired) electrons. The summed E-state index contributed by atoms with van der Waals surface area (Å²) in [4.78, 5) is 38.7. The van der Waals surface area contributed by atoms with Crippen molar-refractivity contribution >= 4 is 40.5 Å². The molecule has 0 aliphatic heterocycles. The van der Waals surface area contributed by atoms with Crippen LogP contribution in [0.15, 0.2) is 30.3 Å². The first kappa shape index (κ1) is 31.2. The third-order valence-corrected chi connectivity index (χ3v) is 6.82. The van der Waals surface area contributed by atoms with Crippen molar-refractivity contribution in [3.05, 3.63) is 35.9 Å². The van der Waals surface area contributed by atoms with Gasteiger partial charge < -0.3 is 25.8 Å². The second-order valence-corrected chi connectivity index (χ2v) is 10.6. The number of nitrogens with one attached hydrogen (secondary N) is 3. The first-order valence-corrected chi connectivity index (χ1v) is 13.8. The molecular weight excluding hydrogens is 561 g/mol. The Kier molecular flexibility index (Phi) is 14.2. The summed E-state index contributed by atoms with van der Waals surface area (Å²) in [6, 6.07) is 7.19. The summed E-state index contributed by atoms with van der Waals surface area (Å²) in [6.45, 7) is 11.6. The Balaban J connectivity index is 2.88. The van der Waals surface area contributed by atoms with Crippen molar-refractivity contribution in [3.63, 3.8) is 0 Å². The van der Waals surface area contributed by atoms with E-state index in [4.69, 9.17) is 4.74 Å². The van der Waals surface area contributed by atoms with Gasteiger partial charge in [-0.1, -0.05) is 101 Å². The molecule has 4 N–H and O–H groups in total. The maximum atomic E-state index is 13.2. The standard InChI is InChI=1S/C26H42IN3O5/c1-7-18(6)23(21(31)14-27)29-24(32)20(13-16(2)3)28-25(33)22(17(4)5)30-26(34)35-15-19-11-9-8-10-12-19/h8-12,16-18,20-23,31H,7,13-15H2,1-6H3,(H,28,33)(H,29,32)(H,30,34)/t18?,20-,21?,22-,23-/m0/s1. The lowest BCUT2D eigenvalue weighted by molar-refractivity contribution is -0.132. The van der Waals surface area contributed by atoms with Crippen molar-refractivity contribution in [2.45, 2.75) is 85.2 Å². The van der Waals surface area contributed by atoms with Gasteiger partial charge in [-0.3, -0.25) is 9.59 Å². The quantitative estimate of drug-likeness (QED) is 0.191. The first-order valence-electron chi connectivity index (χ1n) is 12.3. The van der Waals surface area contributed by atoms with Crippen LogP contribution in [0.3, 0.4) is 0 Å². The third-order valence-electron chi connectivity index (χ3n) is 5.91. The van der Waals surface area contributed by atoms with Gasteiger partial charge >= 0.3 is 6.09 Å². The highest BCUT2D eigenvalue weighted by Crippen LogP contribution is 2.15. The topological polar surface area (TPSA) is 117 Å². The molecule has 0 saturated heterocycles. The summed E-state index contributed by atoms with van der Waals surface area (Å²) >= 11 is 2.10. The summed E-state index contributed by atoms with van der Waals surface area (Å²) in [5, 5.41) is 18.8. The number of benzene rings is 1. The van der Waals surface area contributed by atoms with Crippen molar-refractivity contribution in [1.82, 2.24) is 16.0 Å². The Labute approximate surface area is 223 Å². The fourth-order valence-electron chi connectivity index (χ4n) is 3.62. The normalized spacial score (nSPS) is 15.6. The molecule has 0 aliphatic rings. The van der Waals surface area contributed by atoms with Gasteiger partial charge in [0.2, 0.25) is 11.8 Å². The molecule has 9 heteroatoms. The number of carbonyl (C=O) groups excluding carboxylic acids is 3. The monoisotopic (exact) mass is 603 g/mol. The molecule has 0 spiro atoms. The van der Waals surface area contributed by atoms with E-state index in [0.29, 0.717) is 10.8 Å². The van der Waals surface area contributed by atoms with Crippen molar-refractivity contribution in [1.29, 1.82) is 0 Å². The number of carbonyl (C=O) groups is 3. The zero-order valence-electron chi connectivity index (χ0n) is 21.7. The van der Waals surface area contributed by atoms with E-state index >= 15 is 0 Å². The fourth-order valence-corrected chi connectivity index (χ4v) is 4.17. The molecular formula is C26H42IN3O5.